The van der Waals surface area contributed by atoms with Crippen molar-refractivity contribution < 1.29 is 0 Å². The Morgan fingerprint density at radius 1 is 1.15 bits per heavy atom. The minimum atomic E-state index is 0.340. The fraction of sp³-hybridized carbons (Fsp3) is 0.267. The van der Waals surface area contributed by atoms with E-state index in [2.05, 4.69) is 46.7 Å². The van der Waals surface area contributed by atoms with Crippen LogP contribution >= 0.6 is 12.2 Å². The van der Waals surface area contributed by atoms with E-state index in [0.29, 0.717) is 17.4 Å². The van der Waals surface area contributed by atoms with E-state index in [0.717, 1.165) is 16.8 Å². The summed E-state index contributed by atoms with van der Waals surface area (Å²) in [5, 5.41) is 11.5. The summed E-state index contributed by atoms with van der Waals surface area (Å²) in [6.07, 6.45) is 0. The molecule has 1 aromatic carbocycles. The van der Waals surface area contributed by atoms with Gasteiger partial charge in [0.2, 0.25) is 0 Å². The molecular weight excluding hydrogens is 268 g/mol. The van der Waals surface area contributed by atoms with Gasteiger partial charge in [-0.15, -0.1) is 5.10 Å². The van der Waals surface area contributed by atoms with Crippen LogP contribution in [0.1, 0.15) is 27.9 Å². The topological polar surface area (TPSA) is 63.8 Å². The van der Waals surface area contributed by atoms with Gasteiger partial charge in [-0.25, -0.2) is 0 Å². The molecule has 2 aromatic rings. The third-order valence-electron chi connectivity index (χ3n) is 3.28. The first kappa shape index (κ1) is 14.4. The van der Waals surface area contributed by atoms with Crippen molar-refractivity contribution in [2.45, 2.75) is 27.3 Å². The second-order valence-corrected chi connectivity index (χ2v) is 5.28. The van der Waals surface area contributed by atoms with Crippen molar-refractivity contribution in [1.82, 2.24) is 10.2 Å². The largest absolute Gasteiger partial charge is 0.389 e. The lowest BCUT2D eigenvalue weighted by Crippen LogP contribution is -2.18. The highest BCUT2D eigenvalue weighted by atomic mass is 32.1. The quantitative estimate of drug-likeness (QED) is 0.846. The predicted octanol–water partition coefficient (Wildman–Crippen LogP) is 2.65. The van der Waals surface area contributed by atoms with Gasteiger partial charge in [0, 0.05) is 6.54 Å². The van der Waals surface area contributed by atoms with Gasteiger partial charge in [-0.1, -0.05) is 42.0 Å². The molecule has 0 fully saturated rings. The normalized spacial score (nSPS) is 10.3. The standard InChI is InChI=1S/C15H18N4S/c1-9-4-6-12(7-5-9)8-17-15-13(14(16)20)10(2)11(3)18-19-15/h4-7H,8H2,1-3H3,(H2,16,20)(H,17,19). The molecule has 20 heavy (non-hydrogen) atoms. The molecule has 0 spiro atoms. The van der Waals surface area contributed by atoms with E-state index in [9.17, 15) is 0 Å². The van der Waals surface area contributed by atoms with Gasteiger partial charge < -0.3 is 11.1 Å². The molecule has 0 saturated heterocycles. The van der Waals surface area contributed by atoms with Gasteiger partial charge in [0.05, 0.1) is 11.3 Å². The summed E-state index contributed by atoms with van der Waals surface area (Å²) >= 11 is 5.11. The Bertz CT molecular complexity index is 635. The molecule has 3 N–H and O–H groups in total. The van der Waals surface area contributed by atoms with Crippen molar-refractivity contribution in [3.63, 3.8) is 0 Å². The first-order valence-electron chi connectivity index (χ1n) is 6.42. The zero-order valence-corrected chi connectivity index (χ0v) is 12.7. The van der Waals surface area contributed by atoms with Crippen LogP contribution in [0.4, 0.5) is 5.82 Å². The molecule has 1 heterocycles. The molecule has 0 unspecified atom stereocenters. The first-order valence-corrected chi connectivity index (χ1v) is 6.83. The number of nitrogens with zero attached hydrogens (tertiary/aromatic N) is 2. The maximum atomic E-state index is 5.80. The molecule has 0 aliphatic heterocycles. The van der Waals surface area contributed by atoms with Crippen LogP contribution in [0.2, 0.25) is 0 Å². The third-order valence-corrected chi connectivity index (χ3v) is 3.49. The fourth-order valence-corrected chi connectivity index (χ4v) is 2.18. The molecule has 2 rings (SSSR count). The molecule has 0 saturated carbocycles. The number of nitrogens with one attached hydrogen (secondary N) is 1. The van der Waals surface area contributed by atoms with Crippen molar-refractivity contribution in [3.05, 3.63) is 52.2 Å². The average molecular weight is 286 g/mol. The molecule has 0 bridgehead atoms. The number of benzene rings is 1. The number of rotatable bonds is 4. The molecule has 4 nitrogen and oxygen atoms in total. The number of hydrogen-bond acceptors (Lipinski definition) is 4. The Balaban J connectivity index is 2.23. The lowest BCUT2D eigenvalue weighted by atomic mass is 10.1. The number of anilines is 1. The van der Waals surface area contributed by atoms with Crippen LogP contribution in [0, 0.1) is 20.8 Å². The summed E-state index contributed by atoms with van der Waals surface area (Å²) in [6.45, 7) is 6.58. The van der Waals surface area contributed by atoms with Crippen LogP contribution < -0.4 is 11.1 Å². The first-order chi connectivity index (χ1) is 9.49. The van der Waals surface area contributed by atoms with E-state index in [1.165, 1.54) is 11.1 Å². The van der Waals surface area contributed by atoms with E-state index in [4.69, 9.17) is 18.0 Å². The molecule has 104 valence electrons. The van der Waals surface area contributed by atoms with Gasteiger partial charge >= 0.3 is 0 Å². The van der Waals surface area contributed by atoms with Crippen molar-refractivity contribution in [2.24, 2.45) is 5.73 Å². The minimum absolute atomic E-state index is 0.340. The van der Waals surface area contributed by atoms with Gasteiger partial charge in [-0.2, -0.15) is 5.10 Å². The monoisotopic (exact) mass is 286 g/mol. The summed E-state index contributed by atoms with van der Waals surface area (Å²) in [6, 6.07) is 8.32. The van der Waals surface area contributed by atoms with Gasteiger partial charge in [0.15, 0.2) is 5.82 Å². The van der Waals surface area contributed by atoms with Gasteiger partial charge in [0.25, 0.3) is 0 Å². The maximum absolute atomic E-state index is 5.80. The van der Waals surface area contributed by atoms with Gasteiger partial charge in [-0.05, 0) is 31.9 Å². The smallest absolute Gasteiger partial charge is 0.159 e. The van der Waals surface area contributed by atoms with E-state index >= 15 is 0 Å². The Kier molecular flexibility index (Phi) is 4.29. The zero-order valence-electron chi connectivity index (χ0n) is 11.9. The van der Waals surface area contributed by atoms with Crippen molar-refractivity contribution in [1.29, 1.82) is 0 Å². The Hall–Kier alpha value is -2.01. The summed E-state index contributed by atoms with van der Waals surface area (Å²) in [7, 11) is 0. The fourth-order valence-electron chi connectivity index (χ4n) is 1.93. The lowest BCUT2D eigenvalue weighted by molar-refractivity contribution is 0.943. The maximum Gasteiger partial charge on any atom is 0.159 e. The second-order valence-electron chi connectivity index (χ2n) is 4.84. The third kappa shape index (κ3) is 3.11. The van der Waals surface area contributed by atoms with Gasteiger partial charge in [0.1, 0.15) is 4.99 Å². The van der Waals surface area contributed by atoms with Crippen molar-refractivity contribution >= 4 is 23.0 Å². The number of thiocarbonyl (C=S) groups is 1. The minimum Gasteiger partial charge on any atom is -0.389 e. The van der Waals surface area contributed by atoms with Crippen LogP contribution in [0.15, 0.2) is 24.3 Å². The van der Waals surface area contributed by atoms with Crippen LogP contribution in [0.25, 0.3) is 0 Å². The Morgan fingerprint density at radius 3 is 2.40 bits per heavy atom. The number of aryl methyl sites for hydroxylation is 2. The van der Waals surface area contributed by atoms with Crippen molar-refractivity contribution in [2.75, 3.05) is 5.32 Å². The SMILES string of the molecule is Cc1ccc(CNc2nnc(C)c(C)c2C(N)=S)cc1. The van der Waals surface area contributed by atoms with Crippen LogP contribution in [0.3, 0.4) is 0 Å². The highest BCUT2D eigenvalue weighted by Crippen LogP contribution is 2.19. The Morgan fingerprint density at radius 2 is 1.80 bits per heavy atom. The average Bonchev–Trinajstić information content (AvgIpc) is 2.41. The molecule has 5 heteroatoms. The lowest BCUT2D eigenvalue weighted by Gasteiger charge is -2.13. The van der Waals surface area contributed by atoms with Crippen LogP contribution in [0.5, 0.6) is 0 Å². The van der Waals surface area contributed by atoms with E-state index < -0.39 is 0 Å². The van der Waals surface area contributed by atoms with Crippen molar-refractivity contribution in [3.8, 4) is 0 Å². The zero-order chi connectivity index (χ0) is 14.7. The summed E-state index contributed by atoms with van der Waals surface area (Å²) in [4.78, 5) is 0.340. The van der Waals surface area contributed by atoms with Gasteiger partial charge in [-0.3, -0.25) is 0 Å². The molecule has 0 amide bonds. The number of nitrogens with two attached hydrogens (primary N) is 1. The number of aromatic nitrogens is 2. The molecular formula is C15H18N4S. The number of hydrogen-bond donors (Lipinski definition) is 2. The highest BCUT2D eigenvalue weighted by Gasteiger charge is 2.13. The second kappa shape index (κ2) is 5.96. The van der Waals surface area contributed by atoms with E-state index in [1.807, 2.05) is 13.8 Å². The van der Waals surface area contributed by atoms with E-state index in [1.54, 1.807) is 0 Å². The molecule has 1 aromatic heterocycles. The molecule has 0 atom stereocenters. The predicted molar refractivity (Wildman–Crippen MR) is 85.9 cm³/mol. The summed E-state index contributed by atoms with van der Waals surface area (Å²) < 4.78 is 0. The summed E-state index contributed by atoms with van der Waals surface area (Å²) in [5.74, 6) is 0.640. The molecule has 0 aliphatic rings. The van der Waals surface area contributed by atoms with Crippen LogP contribution in [-0.4, -0.2) is 15.2 Å². The van der Waals surface area contributed by atoms with E-state index in [-0.39, 0.29) is 0 Å². The van der Waals surface area contributed by atoms with Crippen LogP contribution in [-0.2, 0) is 6.54 Å². The summed E-state index contributed by atoms with van der Waals surface area (Å²) in [5.41, 5.74) is 10.8. The Labute approximate surface area is 124 Å². The molecule has 0 radical (unpaired) electrons. The molecule has 0 aliphatic carbocycles. The highest BCUT2D eigenvalue weighted by molar-refractivity contribution is 7.80.